The van der Waals surface area contributed by atoms with Gasteiger partial charge in [-0.1, -0.05) is 18.2 Å². The molecule has 0 saturated carbocycles. The maximum absolute atomic E-state index is 12.1. The summed E-state index contributed by atoms with van der Waals surface area (Å²) in [6.07, 6.45) is 0.309. The van der Waals surface area contributed by atoms with E-state index in [0.29, 0.717) is 12.0 Å². The number of ketones is 1. The van der Waals surface area contributed by atoms with Crippen LogP contribution in [0.25, 0.3) is 0 Å². The number of benzene rings is 2. The van der Waals surface area contributed by atoms with E-state index in [9.17, 15) is 9.59 Å². The number of Topliss-reactive ketones (excluding diaryl/α,β-unsaturated/α-hetero) is 1. The van der Waals surface area contributed by atoms with Crippen LogP contribution in [0.5, 0.6) is 0 Å². The quantitative estimate of drug-likeness (QED) is 0.856. The molecule has 0 bridgehead atoms. The zero-order valence-electron chi connectivity index (χ0n) is 13.7. The second-order valence-electron chi connectivity index (χ2n) is 5.54. The van der Waals surface area contributed by atoms with Gasteiger partial charge in [0, 0.05) is 24.7 Å². The average molecular weight is 321 g/mol. The molecular formula is C19H19N3O2. The Morgan fingerprint density at radius 3 is 2.38 bits per heavy atom. The van der Waals surface area contributed by atoms with Crippen LogP contribution >= 0.6 is 0 Å². The Balaban J connectivity index is 1.96. The van der Waals surface area contributed by atoms with E-state index in [4.69, 9.17) is 5.26 Å². The van der Waals surface area contributed by atoms with Gasteiger partial charge in [0.2, 0.25) is 5.91 Å². The molecule has 0 aliphatic carbocycles. The van der Waals surface area contributed by atoms with Crippen molar-refractivity contribution in [3.63, 3.8) is 0 Å². The molecule has 2 rings (SSSR count). The Labute approximate surface area is 141 Å². The highest BCUT2D eigenvalue weighted by molar-refractivity contribution is 5.91. The highest BCUT2D eigenvalue weighted by Crippen LogP contribution is 2.23. The molecule has 0 atom stereocenters. The molecule has 0 heterocycles. The molecule has 0 aliphatic rings. The minimum Gasteiger partial charge on any atom is -0.378 e. The number of anilines is 2. The molecule has 1 amide bonds. The van der Waals surface area contributed by atoms with Crippen molar-refractivity contribution in [1.29, 1.82) is 5.26 Å². The minimum atomic E-state index is -0.132. The lowest BCUT2D eigenvalue weighted by atomic mass is 10.1. The van der Waals surface area contributed by atoms with Crippen molar-refractivity contribution in [3.05, 3.63) is 59.2 Å². The van der Waals surface area contributed by atoms with Crippen LogP contribution in [0.4, 0.5) is 11.4 Å². The molecule has 24 heavy (non-hydrogen) atoms. The zero-order valence-corrected chi connectivity index (χ0v) is 13.7. The normalized spacial score (nSPS) is 9.88. The number of nitriles is 1. The Morgan fingerprint density at radius 2 is 1.75 bits per heavy atom. The summed E-state index contributed by atoms with van der Waals surface area (Å²) in [4.78, 5) is 23.3. The number of nitrogens with one attached hydrogen (secondary N) is 2. The van der Waals surface area contributed by atoms with Crippen molar-refractivity contribution in [2.45, 2.75) is 20.3 Å². The molecule has 122 valence electrons. The molecule has 2 N–H and O–H groups in total. The number of carbonyl (C=O) groups is 2. The summed E-state index contributed by atoms with van der Waals surface area (Å²) in [6, 6.07) is 14.6. The zero-order chi connectivity index (χ0) is 17.5. The van der Waals surface area contributed by atoms with Gasteiger partial charge in [0.25, 0.3) is 0 Å². The summed E-state index contributed by atoms with van der Waals surface area (Å²) in [6.45, 7) is 3.55. The highest BCUT2D eigenvalue weighted by Gasteiger charge is 2.08. The van der Waals surface area contributed by atoms with Gasteiger partial charge in [0.05, 0.1) is 18.2 Å². The van der Waals surface area contributed by atoms with Crippen LogP contribution in [0.15, 0.2) is 42.5 Å². The Morgan fingerprint density at radius 1 is 1.08 bits per heavy atom. The number of carbonyl (C=O) groups excluding carboxylic acids is 2. The SMILES string of the molecule is CC(=O)Nc1cccc(NCC(=O)Cc2ccc(C#N)cc2)c1C. The maximum atomic E-state index is 12.1. The summed E-state index contributed by atoms with van der Waals surface area (Å²) in [5.74, 6) is -0.0869. The second-order valence-corrected chi connectivity index (χ2v) is 5.54. The molecular weight excluding hydrogens is 302 g/mol. The predicted molar refractivity (Wildman–Crippen MR) is 93.8 cm³/mol. The minimum absolute atomic E-state index is 0.0454. The van der Waals surface area contributed by atoms with Crippen LogP contribution in [0.2, 0.25) is 0 Å². The van der Waals surface area contributed by atoms with Crippen LogP contribution < -0.4 is 10.6 Å². The van der Waals surface area contributed by atoms with Crippen molar-refractivity contribution in [3.8, 4) is 6.07 Å². The molecule has 0 aliphatic heterocycles. The van der Waals surface area contributed by atoms with Crippen LogP contribution in [0.3, 0.4) is 0 Å². The first-order chi connectivity index (χ1) is 11.5. The topological polar surface area (TPSA) is 82.0 Å². The maximum Gasteiger partial charge on any atom is 0.221 e. The monoisotopic (exact) mass is 321 g/mol. The highest BCUT2D eigenvalue weighted by atomic mass is 16.1. The number of rotatable bonds is 6. The fourth-order valence-corrected chi connectivity index (χ4v) is 2.33. The third kappa shape index (κ3) is 4.68. The van der Waals surface area contributed by atoms with Gasteiger partial charge >= 0.3 is 0 Å². The molecule has 0 unspecified atom stereocenters. The predicted octanol–water partition coefficient (Wildman–Crippen LogP) is 3.05. The van der Waals surface area contributed by atoms with Gasteiger partial charge in [-0.25, -0.2) is 0 Å². The average Bonchev–Trinajstić information content (AvgIpc) is 2.56. The molecule has 2 aromatic rings. The molecule has 0 aromatic heterocycles. The summed E-state index contributed by atoms with van der Waals surface area (Å²) < 4.78 is 0. The van der Waals surface area contributed by atoms with Crippen LogP contribution in [-0.2, 0) is 16.0 Å². The van der Waals surface area contributed by atoms with Gasteiger partial charge in [-0.15, -0.1) is 0 Å². The first kappa shape index (κ1) is 17.2. The van der Waals surface area contributed by atoms with Gasteiger partial charge in [0.15, 0.2) is 5.78 Å². The molecule has 2 aromatic carbocycles. The van der Waals surface area contributed by atoms with Crippen LogP contribution in [0, 0.1) is 18.3 Å². The van der Waals surface area contributed by atoms with Crippen molar-refractivity contribution in [1.82, 2.24) is 0 Å². The summed E-state index contributed by atoms with van der Waals surface area (Å²) >= 11 is 0. The first-order valence-corrected chi connectivity index (χ1v) is 7.61. The van der Waals surface area contributed by atoms with E-state index in [1.807, 2.05) is 25.1 Å². The van der Waals surface area contributed by atoms with Crippen molar-refractivity contribution in [2.75, 3.05) is 17.2 Å². The van der Waals surface area contributed by atoms with Gasteiger partial charge in [0.1, 0.15) is 0 Å². The van der Waals surface area contributed by atoms with E-state index >= 15 is 0 Å². The van der Waals surface area contributed by atoms with Crippen LogP contribution in [-0.4, -0.2) is 18.2 Å². The number of hydrogen-bond acceptors (Lipinski definition) is 4. The summed E-state index contributed by atoms with van der Waals surface area (Å²) in [7, 11) is 0. The van der Waals surface area contributed by atoms with E-state index in [1.54, 1.807) is 24.3 Å². The first-order valence-electron chi connectivity index (χ1n) is 7.61. The third-order valence-corrected chi connectivity index (χ3v) is 3.60. The lowest BCUT2D eigenvalue weighted by molar-refractivity contribution is -0.117. The van der Waals surface area contributed by atoms with Gasteiger partial charge in [-0.2, -0.15) is 5.26 Å². The fourth-order valence-electron chi connectivity index (χ4n) is 2.33. The molecule has 0 fully saturated rings. The lowest BCUT2D eigenvalue weighted by Crippen LogP contribution is -2.17. The molecule has 0 saturated heterocycles. The third-order valence-electron chi connectivity index (χ3n) is 3.60. The van der Waals surface area contributed by atoms with E-state index < -0.39 is 0 Å². The standard InChI is InChI=1S/C19H19N3O2/c1-13-18(4-3-5-19(13)22-14(2)23)21-12-17(24)10-15-6-8-16(11-20)9-7-15/h3-9,21H,10,12H2,1-2H3,(H,22,23). The van der Waals surface area contributed by atoms with E-state index in [1.165, 1.54) is 6.92 Å². The number of nitrogens with zero attached hydrogens (tertiary/aromatic N) is 1. The van der Waals surface area contributed by atoms with Gasteiger partial charge in [-0.05, 0) is 42.3 Å². The molecule has 5 heteroatoms. The van der Waals surface area contributed by atoms with E-state index in [0.717, 1.165) is 22.5 Å². The van der Waals surface area contributed by atoms with E-state index in [-0.39, 0.29) is 18.2 Å². The smallest absolute Gasteiger partial charge is 0.221 e. The van der Waals surface area contributed by atoms with Crippen molar-refractivity contribution in [2.24, 2.45) is 0 Å². The largest absolute Gasteiger partial charge is 0.378 e. The Bertz CT molecular complexity index is 789. The molecule has 0 spiro atoms. The van der Waals surface area contributed by atoms with Crippen molar-refractivity contribution >= 4 is 23.1 Å². The lowest BCUT2D eigenvalue weighted by Gasteiger charge is -2.13. The number of amides is 1. The van der Waals surface area contributed by atoms with E-state index in [2.05, 4.69) is 16.7 Å². The van der Waals surface area contributed by atoms with Gasteiger partial charge in [-0.3, -0.25) is 9.59 Å². The molecule has 5 nitrogen and oxygen atoms in total. The fraction of sp³-hybridized carbons (Fsp3) is 0.211. The number of hydrogen-bond donors (Lipinski definition) is 2. The Hall–Kier alpha value is -3.13. The van der Waals surface area contributed by atoms with Gasteiger partial charge < -0.3 is 10.6 Å². The van der Waals surface area contributed by atoms with Crippen molar-refractivity contribution < 1.29 is 9.59 Å². The summed E-state index contributed by atoms with van der Waals surface area (Å²) in [5.41, 5.74) is 3.89. The van der Waals surface area contributed by atoms with Crippen LogP contribution in [0.1, 0.15) is 23.6 Å². The molecule has 0 radical (unpaired) electrons. The Kier molecular flexibility index (Phi) is 5.69. The second kappa shape index (κ2) is 7.93. The summed E-state index contributed by atoms with van der Waals surface area (Å²) in [5, 5.41) is 14.6.